The molecular formula is C8H11N5O2. The zero-order valence-corrected chi connectivity index (χ0v) is 8.66. The lowest BCUT2D eigenvalue weighted by Gasteiger charge is -1.98. The molecular weight excluding hydrogens is 198 g/mol. The summed E-state index contributed by atoms with van der Waals surface area (Å²) in [5.74, 6) is 0.539. The third kappa shape index (κ3) is 1.16. The summed E-state index contributed by atoms with van der Waals surface area (Å²) in [4.78, 5) is 29.2. The molecule has 0 fully saturated rings. The van der Waals surface area contributed by atoms with E-state index >= 15 is 0 Å². The molecule has 2 heterocycles. The number of H-pyrrole nitrogens is 1. The highest BCUT2D eigenvalue weighted by molar-refractivity contribution is 5.73. The second kappa shape index (κ2) is 2.97. The van der Waals surface area contributed by atoms with Crippen LogP contribution in [0.15, 0.2) is 9.59 Å². The van der Waals surface area contributed by atoms with E-state index in [1.165, 1.54) is 4.57 Å². The number of aromatic nitrogens is 4. The third-order valence-electron chi connectivity index (χ3n) is 2.36. The highest BCUT2D eigenvalue weighted by atomic mass is 16.2. The minimum atomic E-state index is -0.465. The van der Waals surface area contributed by atoms with Gasteiger partial charge in [0.25, 0.3) is 5.56 Å². The Hall–Kier alpha value is -2.05. The summed E-state index contributed by atoms with van der Waals surface area (Å²) in [7, 11) is 4.97. The fourth-order valence-corrected chi connectivity index (χ4v) is 1.53. The Morgan fingerprint density at radius 3 is 2.53 bits per heavy atom. The minimum Gasteiger partial charge on any atom is -0.359 e. The monoisotopic (exact) mass is 209 g/mol. The van der Waals surface area contributed by atoms with Crippen molar-refractivity contribution < 1.29 is 0 Å². The summed E-state index contributed by atoms with van der Waals surface area (Å²) < 4.78 is 2.91. The van der Waals surface area contributed by atoms with Crippen molar-refractivity contribution in [2.75, 3.05) is 12.4 Å². The van der Waals surface area contributed by atoms with Crippen LogP contribution < -0.4 is 16.6 Å². The number of nitrogens with zero attached hydrogens (tertiary/aromatic N) is 3. The third-order valence-corrected chi connectivity index (χ3v) is 2.36. The van der Waals surface area contributed by atoms with Crippen LogP contribution in [-0.4, -0.2) is 26.1 Å². The van der Waals surface area contributed by atoms with Crippen LogP contribution >= 0.6 is 0 Å². The van der Waals surface area contributed by atoms with Gasteiger partial charge in [-0.2, -0.15) is 4.98 Å². The van der Waals surface area contributed by atoms with Gasteiger partial charge in [0, 0.05) is 21.1 Å². The van der Waals surface area contributed by atoms with Gasteiger partial charge in [-0.15, -0.1) is 0 Å². The maximum atomic E-state index is 11.5. The molecule has 0 saturated carbocycles. The number of nitrogens with one attached hydrogen (secondary N) is 2. The fourth-order valence-electron chi connectivity index (χ4n) is 1.53. The van der Waals surface area contributed by atoms with Crippen molar-refractivity contribution in [3.63, 3.8) is 0 Å². The molecule has 0 aliphatic carbocycles. The van der Waals surface area contributed by atoms with E-state index in [1.54, 1.807) is 25.7 Å². The molecule has 0 aliphatic rings. The maximum Gasteiger partial charge on any atom is 0.329 e. The zero-order chi connectivity index (χ0) is 11.2. The Labute approximate surface area is 84.4 Å². The van der Waals surface area contributed by atoms with Crippen molar-refractivity contribution in [3.05, 3.63) is 20.8 Å². The summed E-state index contributed by atoms with van der Waals surface area (Å²) in [6, 6.07) is 0. The summed E-state index contributed by atoms with van der Waals surface area (Å²) in [6.07, 6.45) is 0. The first-order valence-electron chi connectivity index (χ1n) is 4.39. The van der Waals surface area contributed by atoms with Crippen LogP contribution in [0.25, 0.3) is 11.2 Å². The SMILES string of the molecule is CNc1nc2c(c(=O)[nH]c(=O)n2C)n1C. The van der Waals surface area contributed by atoms with Crippen molar-refractivity contribution in [2.45, 2.75) is 0 Å². The number of aromatic amines is 1. The van der Waals surface area contributed by atoms with E-state index < -0.39 is 11.2 Å². The molecule has 0 amide bonds. The number of hydrogen-bond donors (Lipinski definition) is 2. The lowest BCUT2D eigenvalue weighted by molar-refractivity contribution is 0.829. The van der Waals surface area contributed by atoms with Gasteiger partial charge in [0.15, 0.2) is 11.2 Å². The predicted octanol–water partition coefficient (Wildman–Crippen LogP) is -0.998. The van der Waals surface area contributed by atoms with Crippen molar-refractivity contribution in [1.82, 2.24) is 19.1 Å². The van der Waals surface area contributed by atoms with Crippen LogP contribution in [-0.2, 0) is 14.1 Å². The summed E-state index contributed by atoms with van der Waals surface area (Å²) in [6.45, 7) is 0. The van der Waals surface area contributed by atoms with Gasteiger partial charge in [-0.1, -0.05) is 0 Å². The summed E-state index contributed by atoms with van der Waals surface area (Å²) >= 11 is 0. The molecule has 0 bridgehead atoms. The Kier molecular flexibility index (Phi) is 1.88. The average molecular weight is 209 g/mol. The highest BCUT2D eigenvalue weighted by Gasteiger charge is 2.13. The molecule has 2 rings (SSSR count). The quantitative estimate of drug-likeness (QED) is 0.631. The van der Waals surface area contributed by atoms with E-state index in [-0.39, 0.29) is 0 Å². The number of fused-ring (bicyclic) bond motifs is 1. The molecule has 15 heavy (non-hydrogen) atoms. The topological polar surface area (TPSA) is 84.7 Å². The molecule has 2 aromatic rings. The van der Waals surface area contributed by atoms with Gasteiger partial charge in [-0.05, 0) is 0 Å². The van der Waals surface area contributed by atoms with Gasteiger partial charge >= 0.3 is 5.69 Å². The molecule has 0 aliphatic heterocycles. The number of anilines is 1. The Morgan fingerprint density at radius 2 is 1.93 bits per heavy atom. The lowest BCUT2D eigenvalue weighted by Crippen LogP contribution is -2.29. The summed E-state index contributed by atoms with van der Waals surface area (Å²) in [5, 5.41) is 2.84. The average Bonchev–Trinajstić information content (AvgIpc) is 2.53. The molecule has 2 N–H and O–H groups in total. The molecule has 7 heteroatoms. The molecule has 0 aromatic carbocycles. The zero-order valence-electron chi connectivity index (χ0n) is 8.66. The van der Waals surface area contributed by atoms with Crippen molar-refractivity contribution >= 4 is 17.1 Å². The highest BCUT2D eigenvalue weighted by Crippen LogP contribution is 2.11. The molecule has 80 valence electrons. The largest absolute Gasteiger partial charge is 0.359 e. The number of rotatable bonds is 1. The van der Waals surface area contributed by atoms with Crippen LogP contribution in [0.2, 0.25) is 0 Å². The predicted molar refractivity (Wildman–Crippen MR) is 56.1 cm³/mol. The van der Waals surface area contributed by atoms with E-state index in [1.807, 2.05) is 0 Å². The molecule has 0 spiro atoms. The van der Waals surface area contributed by atoms with Gasteiger partial charge in [0.1, 0.15) is 0 Å². The molecule has 0 radical (unpaired) electrons. The van der Waals surface area contributed by atoms with Crippen LogP contribution in [0.5, 0.6) is 0 Å². The van der Waals surface area contributed by atoms with Gasteiger partial charge in [0.2, 0.25) is 5.95 Å². The Balaban J connectivity index is 3.07. The second-order valence-electron chi connectivity index (χ2n) is 3.23. The van der Waals surface area contributed by atoms with Crippen molar-refractivity contribution in [3.8, 4) is 0 Å². The van der Waals surface area contributed by atoms with Crippen LogP contribution in [0.4, 0.5) is 5.95 Å². The van der Waals surface area contributed by atoms with Crippen molar-refractivity contribution in [2.24, 2.45) is 14.1 Å². The van der Waals surface area contributed by atoms with E-state index in [4.69, 9.17) is 0 Å². The number of imidazole rings is 1. The first-order chi connectivity index (χ1) is 7.06. The van der Waals surface area contributed by atoms with Crippen LogP contribution in [0.3, 0.4) is 0 Å². The van der Waals surface area contributed by atoms with Gasteiger partial charge in [-0.25, -0.2) is 4.79 Å². The fraction of sp³-hybridized carbons (Fsp3) is 0.375. The Bertz CT molecular complexity index is 633. The molecule has 0 saturated heterocycles. The van der Waals surface area contributed by atoms with Gasteiger partial charge in [-0.3, -0.25) is 14.3 Å². The summed E-state index contributed by atoms with van der Waals surface area (Å²) in [5.41, 5.74) is -0.144. The maximum absolute atomic E-state index is 11.5. The first kappa shape index (κ1) is 9.50. The van der Waals surface area contributed by atoms with E-state index in [0.29, 0.717) is 17.1 Å². The van der Waals surface area contributed by atoms with Gasteiger partial charge < -0.3 is 9.88 Å². The molecule has 0 unspecified atom stereocenters. The normalized spacial score (nSPS) is 10.9. The Morgan fingerprint density at radius 1 is 1.27 bits per heavy atom. The minimum absolute atomic E-state index is 0.371. The smallest absolute Gasteiger partial charge is 0.329 e. The van der Waals surface area contributed by atoms with E-state index in [0.717, 1.165) is 0 Å². The molecule has 7 nitrogen and oxygen atoms in total. The van der Waals surface area contributed by atoms with Gasteiger partial charge in [0.05, 0.1) is 0 Å². The van der Waals surface area contributed by atoms with E-state index in [2.05, 4.69) is 15.3 Å². The standard InChI is InChI=1S/C8H11N5O2/c1-9-7-10-5-4(12(7)2)6(14)11-8(15)13(5)3/h1-3H3,(H,9,10)(H,11,14,15). The number of aryl methyl sites for hydroxylation is 2. The molecule has 2 aromatic heterocycles. The van der Waals surface area contributed by atoms with Crippen molar-refractivity contribution in [1.29, 1.82) is 0 Å². The van der Waals surface area contributed by atoms with Crippen LogP contribution in [0.1, 0.15) is 0 Å². The second-order valence-corrected chi connectivity index (χ2v) is 3.23. The van der Waals surface area contributed by atoms with Crippen LogP contribution in [0, 0.1) is 0 Å². The molecule has 0 atom stereocenters. The van der Waals surface area contributed by atoms with E-state index in [9.17, 15) is 9.59 Å². The first-order valence-corrected chi connectivity index (χ1v) is 4.39. The lowest BCUT2D eigenvalue weighted by atomic mass is 10.5. The number of hydrogen-bond acceptors (Lipinski definition) is 4.